The average Bonchev–Trinajstić information content (AvgIpc) is 3.08. The number of nitrogens with zero attached hydrogens (tertiary/aromatic N) is 5. The maximum atomic E-state index is 11.9. The second kappa shape index (κ2) is 6.62. The first-order valence-corrected chi connectivity index (χ1v) is 7.40. The van der Waals surface area contributed by atoms with Crippen molar-refractivity contribution in [2.45, 2.75) is 20.0 Å². The van der Waals surface area contributed by atoms with Crippen LogP contribution in [0.1, 0.15) is 11.3 Å². The van der Waals surface area contributed by atoms with E-state index < -0.39 is 0 Å². The van der Waals surface area contributed by atoms with Crippen LogP contribution in [-0.4, -0.2) is 30.5 Å². The molecule has 2 aromatic heterocycles. The van der Waals surface area contributed by atoms with E-state index in [4.69, 9.17) is 11.6 Å². The second-order valence-electron chi connectivity index (χ2n) is 5.10. The normalized spacial score (nSPS) is 10.7. The lowest BCUT2D eigenvalue weighted by atomic mass is 10.2. The van der Waals surface area contributed by atoms with Crippen molar-refractivity contribution in [3.63, 3.8) is 0 Å². The molecular formula is C15H15ClN6O. The zero-order chi connectivity index (χ0) is 16.2. The van der Waals surface area contributed by atoms with Crippen molar-refractivity contribution in [2.75, 3.05) is 5.32 Å². The Kier molecular flexibility index (Phi) is 4.38. The average molecular weight is 331 g/mol. The van der Waals surface area contributed by atoms with E-state index in [0.29, 0.717) is 11.6 Å². The summed E-state index contributed by atoms with van der Waals surface area (Å²) in [5.74, 6) is 0.0366. The third-order valence-electron chi connectivity index (χ3n) is 3.10. The number of anilines is 1. The van der Waals surface area contributed by atoms with Gasteiger partial charge in [0.15, 0.2) is 0 Å². The van der Waals surface area contributed by atoms with Gasteiger partial charge in [-0.2, -0.15) is 5.10 Å². The molecule has 2 heterocycles. The number of aryl methyl sites for hydroxylation is 1. The van der Waals surface area contributed by atoms with Crippen LogP contribution in [0.2, 0.25) is 5.02 Å². The Morgan fingerprint density at radius 2 is 2.13 bits per heavy atom. The number of amides is 1. The van der Waals surface area contributed by atoms with Gasteiger partial charge in [0, 0.05) is 11.2 Å². The predicted octanol–water partition coefficient (Wildman–Crippen LogP) is 2.12. The first kappa shape index (κ1) is 15.2. The van der Waals surface area contributed by atoms with Crippen LogP contribution in [0.15, 0.2) is 42.9 Å². The lowest BCUT2D eigenvalue weighted by Gasteiger charge is -2.02. The van der Waals surface area contributed by atoms with Gasteiger partial charge in [0.05, 0.1) is 12.2 Å². The maximum absolute atomic E-state index is 11.9. The number of hydrogen-bond donors (Lipinski definition) is 1. The van der Waals surface area contributed by atoms with Crippen LogP contribution in [0.3, 0.4) is 0 Å². The van der Waals surface area contributed by atoms with E-state index in [1.807, 2.05) is 37.3 Å². The molecule has 8 heteroatoms. The molecule has 0 aliphatic heterocycles. The Bertz CT molecular complexity index is 825. The van der Waals surface area contributed by atoms with Crippen molar-refractivity contribution in [2.24, 2.45) is 0 Å². The van der Waals surface area contributed by atoms with E-state index in [-0.39, 0.29) is 18.4 Å². The molecule has 7 nitrogen and oxygen atoms in total. The fraction of sp³-hybridized carbons (Fsp3) is 0.200. The summed E-state index contributed by atoms with van der Waals surface area (Å²) in [4.78, 5) is 16.0. The monoisotopic (exact) mass is 330 g/mol. The number of rotatable bonds is 5. The second-order valence-corrected chi connectivity index (χ2v) is 5.53. The fourth-order valence-electron chi connectivity index (χ4n) is 2.11. The molecule has 0 bridgehead atoms. The third kappa shape index (κ3) is 4.17. The molecule has 1 N–H and O–H groups in total. The van der Waals surface area contributed by atoms with Crippen molar-refractivity contribution in [3.05, 3.63) is 59.1 Å². The van der Waals surface area contributed by atoms with Gasteiger partial charge in [-0.1, -0.05) is 23.7 Å². The highest BCUT2D eigenvalue weighted by Crippen LogP contribution is 2.11. The minimum absolute atomic E-state index is 0.122. The lowest BCUT2D eigenvalue weighted by molar-refractivity contribution is -0.116. The largest absolute Gasteiger partial charge is 0.292 e. The molecular weight excluding hydrogens is 316 g/mol. The number of benzene rings is 1. The molecule has 1 aromatic carbocycles. The Morgan fingerprint density at radius 1 is 1.26 bits per heavy atom. The van der Waals surface area contributed by atoms with E-state index in [9.17, 15) is 4.79 Å². The Hall–Kier alpha value is -2.67. The molecule has 1 amide bonds. The number of nitrogens with one attached hydrogen (secondary N) is 1. The quantitative estimate of drug-likeness (QED) is 0.777. The molecule has 0 atom stereocenters. The number of carbonyl (C=O) groups excluding carboxylic acids is 1. The summed E-state index contributed by atoms with van der Waals surface area (Å²) in [7, 11) is 0. The van der Waals surface area contributed by atoms with Crippen molar-refractivity contribution in [1.82, 2.24) is 24.5 Å². The summed E-state index contributed by atoms with van der Waals surface area (Å²) < 4.78 is 3.20. The molecule has 0 aliphatic rings. The van der Waals surface area contributed by atoms with Gasteiger partial charge >= 0.3 is 0 Å². The van der Waals surface area contributed by atoms with Gasteiger partial charge in [-0.3, -0.25) is 14.8 Å². The van der Waals surface area contributed by atoms with Gasteiger partial charge in [-0.05, 0) is 30.7 Å². The van der Waals surface area contributed by atoms with Crippen LogP contribution in [0.4, 0.5) is 5.95 Å². The molecule has 0 radical (unpaired) electrons. The number of halogens is 1. The molecule has 0 saturated carbocycles. The van der Waals surface area contributed by atoms with Crippen molar-refractivity contribution in [3.8, 4) is 0 Å². The van der Waals surface area contributed by atoms with Crippen LogP contribution in [0, 0.1) is 6.92 Å². The highest BCUT2D eigenvalue weighted by atomic mass is 35.5. The highest BCUT2D eigenvalue weighted by molar-refractivity contribution is 6.30. The molecule has 3 aromatic rings. The topological polar surface area (TPSA) is 77.6 Å². The van der Waals surface area contributed by atoms with Crippen LogP contribution in [0.5, 0.6) is 0 Å². The lowest BCUT2D eigenvalue weighted by Crippen LogP contribution is -2.20. The number of hydrogen-bond acceptors (Lipinski definition) is 4. The molecule has 0 saturated heterocycles. The van der Waals surface area contributed by atoms with Gasteiger partial charge in [-0.15, -0.1) is 5.10 Å². The minimum Gasteiger partial charge on any atom is -0.292 e. The summed E-state index contributed by atoms with van der Waals surface area (Å²) >= 11 is 5.95. The molecule has 0 spiro atoms. The van der Waals surface area contributed by atoms with Crippen molar-refractivity contribution in [1.29, 1.82) is 0 Å². The minimum atomic E-state index is -0.228. The molecule has 0 unspecified atom stereocenters. The summed E-state index contributed by atoms with van der Waals surface area (Å²) in [5.41, 5.74) is 1.87. The third-order valence-corrected chi connectivity index (χ3v) is 3.34. The number of carbonyl (C=O) groups is 1. The molecule has 118 valence electrons. The zero-order valence-electron chi connectivity index (χ0n) is 12.5. The van der Waals surface area contributed by atoms with E-state index in [2.05, 4.69) is 20.5 Å². The summed E-state index contributed by atoms with van der Waals surface area (Å²) in [6.45, 7) is 2.52. The standard InChI is InChI=1S/C15H15ClN6O/c1-11-5-6-21(19-11)9-14(23)18-15-17-10-22(20-15)8-12-3-2-4-13(16)7-12/h2-7,10H,8-9H2,1H3,(H,18,20,23). The van der Waals surface area contributed by atoms with Crippen LogP contribution in [0.25, 0.3) is 0 Å². The van der Waals surface area contributed by atoms with E-state index in [0.717, 1.165) is 11.3 Å². The number of aromatic nitrogens is 5. The zero-order valence-corrected chi connectivity index (χ0v) is 13.2. The molecule has 23 heavy (non-hydrogen) atoms. The van der Waals surface area contributed by atoms with Crippen molar-refractivity contribution < 1.29 is 4.79 Å². The Balaban J connectivity index is 1.59. The van der Waals surface area contributed by atoms with E-state index >= 15 is 0 Å². The molecule has 0 aliphatic carbocycles. The fourth-order valence-corrected chi connectivity index (χ4v) is 2.33. The molecule has 3 rings (SSSR count). The van der Waals surface area contributed by atoms with Crippen molar-refractivity contribution >= 4 is 23.5 Å². The van der Waals surface area contributed by atoms with Gasteiger partial charge in [0.2, 0.25) is 11.9 Å². The van der Waals surface area contributed by atoms with Crippen LogP contribution in [-0.2, 0) is 17.9 Å². The first-order chi connectivity index (χ1) is 11.1. The van der Waals surface area contributed by atoms with E-state index in [1.165, 1.54) is 0 Å². The van der Waals surface area contributed by atoms with Crippen LogP contribution >= 0.6 is 11.6 Å². The first-order valence-electron chi connectivity index (χ1n) is 7.02. The van der Waals surface area contributed by atoms with Gasteiger partial charge in [0.25, 0.3) is 0 Å². The van der Waals surface area contributed by atoms with E-state index in [1.54, 1.807) is 21.9 Å². The predicted molar refractivity (Wildman–Crippen MR) is 86.2 cm³/mol. The van der Waals surface area contributed by atoms with Gasteiger partial charge < -0.3 is 0 Å². The molecule has 0 fully saturated rings. The smallest absolute Gasteiger partial charge is 0.248 e. The summed E-state index contributed by atoms with van der Waals surface area (Å²) in [6.07, 6.45) is 3.31. The van der Waals surface area contributed by atoms with Gasteiger partial charge in [0.1, 0.15) is 12.9 Å². The SMILES string of the molecule is Cc1ccn(CC(=O)Nc2ncn(Cc3cccc(Cl)c3)n2)n1. The summed E-state index contributed by atoms with van der Waals surface area (Å²) in [5, 5.41) is 11.7. The van der Waals surface area contributed by atoms with Gasteiger partial charge in [-0.25, -0.2) is 9.67 Å². The highest BCUT2D eigenvalue weighted by Gasteiger charge is 2.08. The maximum Gasteiger partial charge on any atom is 0.248 e. The summed E-state index contributed by atoms with van der Waals surface area (Å²) in [6, 6.07) is 9.34. The Morgan fingerprint density at radius 3 is 2.87 bits per heavy atom. The van der Waals surface area contributed by atoms with Crippen LogP contribution < -0.4 is 5.32 Å². The Labute approximate surface area is 137 Å².